The normalized spacial score (nSPS) is 11.1. The Labute approximate surface area is 203 Å². The largest absolute Gasteiger partial charge is 0.465 e. The predicted molar refractivity (Wildman–Crippen MR) is 128 cm³/mol. The minimum Gasteiger partial charge on any atom is -0.465 e. The summed E-state index contributed by atoms with van der Waals surface area (Å²) in [4.78, 5) is 37.9. The molecule has 0 unspecified atom stereocenters. The second kappa shape index (κ2) is 11.4. The smallest absolute Gasteiger partial charge is 0.325 e. The number of esters is 1. The zero-order valence-electron chi connectivity index (χ0n) is 19.4. The third-order valence-corrected chi connectivity index (χ3v) is 5.32. The molecule has 11 heteroatoms. The van der Waals surface area contributed by atoms with Crippen molar-refractivity contribution in [1.29, 1.82) is 0 Å². The van der Waals surface area contributed by atoms with Gasteiger partial charge < -0.3 is 20.3 Å². The summed E-state index contributed by atoms with van der Waals surface area (Å²) in [5.74, 6) is -0.553. The van der Waals surface area contributed by atoms with E-state index in [-0.39, 0.29) is 31.7 Å². The topological polar surface area (TPSA) is 106 Å². The van der Waals surface area contributed by atoms with Crippen LogP contribution in [-0.2, 0) is 19.7 Å². The first-order valence-electron chi connectivity index (χ1n) is 10.5. The number of amides is 3. The van der Waals surface area contributed by atoms with Crippen molar-refractivity contribution in [3.05, 3.63) is 40.0 Å². The molecule has 0 saturated carbocycles. The molecule has 0 spiro atoms. The number of ether oxygens (including phenoxy) is 1. The van der Waals surface area contributed by atoms with Gasteiger partial charge in [0.15, 0.2) is 0 Å². The SMILES string of the molecule is CCOC(=O)CNC(=O)N(CC)CC(=O)Nc1cc(C(C)(C)C)nn1-c1ccc(Cl)c(Cl)c1. The molecule has 2 aromatic rings. The van der Waals surface area contributed by atoms with Crippen LogP contribution < -0.4 is 10.6 Å². The van der Waals surface area contributed by atoms with Crippen LogP contribution in [0.4, 0.5) is 10.6 Å². The van der Waals surface area contributed by atoms with E-state index < -0.39 is 17.9 Å². The fourth-order valence-electron chi connectivity index (χ4n) is 2.80. The number of hydrogen-bond donors (Lipinski definition) is 2. The van der Waals surface area contributed by atoms with Crippen molar-refractivity contribution in [3.8, 4) is 5.69 Å². The van der Waals surface area contributed by atoms with E-state index in [9.17, 15) is 14.4 Å². The summed E-state index contributed by atoms with van der Waals surface area (Å²) in [6.07, 6.45) is 0. The molecule has 1 heterocycles. The van der Waals surface area contributed by atoms with E-state index in [1.165, 1.54) is 4.90 Å². The maximum Gasteiger partial charge on any atom is 0.325 e. The highest BCUT2D eigenvalue weighted by Crippen LogP contribution is 2.29. The number of nitrogens with zero attached hydrogens (tertiary/aromatic N) is 3. The number of aromatic nitrogens is 2. The van der Waals surface area contributed by atoms with Crippen LogP contribution in [0.1, 0.15) is 40.3 Å². The van der Waals surface area contributed by atoms with E-state index in [2.05, 4.69) is 15.7 Å². The van der Waals surface area contributed by atoms with Crippen molar-refractivity contribution in [3.63, 3.8) is 0 Å². The van der Waals surface area contributed by atoms with E-state index in [0.29, 0.717) is 21.6 Å². The molecule has 0 aliphatic rings. The molecule has 0 fully saturated rings. The lowest BCUT2D eigenvalue weighted by molar-refractivity contribution is -0.141. The highest BCUT2D eigenvalue weighted by atomic mass is 35.5. The Balaban J connectivity index is 2.20. The highest BCUT2D eigenvalue weighted by Gasteiger charge is 2.23. The zero-order chi connectivity index (χ0) is 24.8. The van der Waals surface area contributed by atoms with Crippen molar-refractivity contribution >= 4 is 46.9 Å². The third kappa shape index (κ3) is 7.36. The number of nitrogens with one attached hydrogen (secondary N) is 2. The standard InChI is InChI=1S/C22H29Cl2N5O4/c1-6-28(21(32)25-12-20(31)33-7-2)13-19(30)26-18-11-17(22(3,4)5)27-29(18)14-8-9-15(23)16(24)10-14/h8-11H,6-7,12-13H2,1-5H3,(H,25,32)(H,26,30). The van der Waals surface area contributed by atoms with E-state index in [4.69, 9.17) is 27.9 Å². The van der Waals surface area contributed by atoms with Crippen molar-refractivity contribution in [2.45, 2.75) is 40.0 Å². The summed E-state index contributed by atoms with van der Waals surface area (Å²) < 4.78 is 6.35. The first-order chi connectivity index (χ1) is 15.5. The summed E-state index contributed by atoms with van der Waals surface area (Å²) in [5, 5.41) is 10.7. The molecule has 2 N–H and O–H groups in total. The molecule has 0 saturated heterocycles. The van der Waals surface area contributed by atoms with Gasteiger partial charge in [-0.15, -0.1) is 0 Å². The van der Waals surface area contributed by atoms with Crippen LogP contribution in [0, 0.1) is 0 Å². The first-order valence-corrected chi connectivity index (χ1v) is 11.3. The number of carbonyl (C=O) groups is 3. The molecule has 1 aromatic carbocycles. The van der Waals surface area contributed by atoms with Crippen LogP contribution >= 0.6 is 23.2 Å². The molecule has 2 rings (SSSR count). The van der Waals surface area contributed by atoms with Gasteiger partial charge in [0.25, 0.3) is 0 Å². The number of likely N-dealkylation sites (N-methyl/N-ethyl adjacent to an activating group) is 1. The van der Waals surface area contributed by atoms with E-state index in [0.717, 1.165) is 5.69 Å². The fourth-order valence-corrected chi connectivity index (χ4v) is 3.10. The van der Waals surface area contributed by atoms with E-state index >= 15 is 0 Å². The van der Waals surface area contributed by atoms with Crippen LogP contribution in [0.3, 0.4) is 0 Å². The summed E-state index contributed by atoms with van der Waals surface area (Å²) >= 11 is 12.2. The third-order valence-electron chi connectivity index (χ3n) is 4.59. The molecule has 0 atom stereocenters. The van der Waals surface area contributed by atoms with Gasteiger partial charge in [0, 0.05) is 18.0 Å². The monoisotopic (exact) mass is 497 g/mol. The van der Waals surface area contributed by atoms with Crippen molar-refractivity contribution in [2.75, 3.05) is 31.6 Å². The van der Waals surface area contributed by atoms with Gasteiger partial charge in [0.1, 0.15) is 18.9 Å². The number of benzene rings is 1. The Morgan fingerprint density at radius 3 is 2.39 bits per heavy atom. The van der Waals surface area contributed by atoms with Crippen LogP contribution in [0.25, 0.3) is 5.69 Å². The summed E-state index contributed by atoms with van der Waals surface area (Å²) in [6, 6.07) is 6.27. The molecular weight excluding hydrogens is 469 g/mol. The van der Waals surface area contributed by atoms with Gasteiger partial charge in [0.2, 0.25) is 5.91 Å². The molecule has 9 nitrogen and oxygen atoms in total. The minimum atomic E-state index is -0.549. The van der Waals surface area contributed by atoms with Crippen molar-refractivity contribution in [2.24, 2.45) is 0 Å². The highest BCUT2D eigenvalue weighted by molar-refractivity contribution is 6.42. The van der Waals surface area contributed by atoms with Crippen LogP contribution in [-0.4, -0.2) is 58.8 Å². The first kappa shape index (κ1) is 26.5. The lowest BCUT2D eigenvalue weighted by atomic mass is 9.92. The van der Waals surface area contributed by atoms with Crippen molar-refractivity contribution < 1.29 is 19.1 Å². The quantitative estimate of drug-likeness (QED) is 0.535. The van der Waals surface area contributed by atoms with Crippen LogP contribution in [0.15, 0.2) is 24.3 Å². The number of rotatable bonds is 8. The minimum absolute atomic E-state index is 0.220. The number of carbonyl (C=O) groups excluding carboxylic acids is 3. The predicted octanol–water partition coefficient (Wildman–Crippen LogP) is 4.01. The Hall–Kier alpha value is -2.78. The molecule has 0 radical (unpaired) electrons. The second-order valence-electron chi connectivity index (χ2n) is 8.20. The van der Waals surface area contributed by atoms with E-state index in [1.54, 1.807) is 42.8 Å². The summed E-state index contributed by atoms with van der Waals surface area (Å²) in [6.45, 7) is 9.42. The molecule has 180 valence electrons. The number of halogens is 2. The number of hydrogen-bond acceptors (Lipinski definition) is 5. The van der Waals surface area contributed by atoms with Crippen LogP contribution in [0.5, 0.6) is 0 Å². The lowest BCUT2D eigenvalue weighted by Gasteiger charge is -2.20. The fraction of sp³-hybridized carbons (Fsp3) is 0.455. The summed E-state index contributed by atoms with van der Waals surface area (Å²) in [7, 11) is 0. The van der Waals surface area contributed by atoms with Gasteiger partial charge in [-0.2, -0.15) is 5.10 Å². The molecule has 33 heavy (non-hydrogen) atoms. The van der Waals surface area contributed by atoms with Gasteiger partial charge in [-0.1, -0.05) is 44.0 Å². The van der Waals surface area contributed by atoms with Gasteiger partial charge in [-0.25, -0.2) is 9.48 Å². The van der Waals surface area contributed by atoms with Crippen LogP contribution in [0.2, 0.25) is 10.0 Å². The maximum atomic E-state index is 12.8. The number of anilines is 1. The van der Waals surface area contributed by atoms with Gasteiger partial charge in [-0.3, -0.25) is 9.59 Å². The van der Waals surface area contributed by atoms with Gasteiger partial charge in [0.05, 0.1) is 28.0 Å². The van der Waals surface area contributed by atoms with Gasteiger partial charge in [-0.05, 0) is 32.0 Å². The average Bonchev–Trinajstić information content (AvgIpc) is 3.16. The lowest BCUT2D eigenvalue weighted by Crippen LogP contribution is -2.45. The Kier molecular flexibility index (Phi) is 9.13. The molecule has 3 amide bonds. The van der Waals surface area contributed by atoms with E-state index in [1.807, 2.05) is 20.8 Å². The molecular formula is C22H29Cl2N5O4. The molecule has 0 aliphatic carbocycles. The number of urea groups is 1. The maximum absolute atomic E-state index is 12.8. The summed E-state index contributed by atoms with van der Waals surface area (Å²) in [5.41, 5.74) is 1.10. The molecule has 0 bridgehead atoms. The Morgan fingerprint density at radius 2 is 1.82 bits per heavy atom. The molecule has 0 aliphatic heterocycles. The Bertz CT molecular complexity index is 1020. The average molecular weight is 498 g/mol. The van der Waals surface area contributed by atoms with Gasteiger partial charge >= 0.3 is 12.0 Å². The zero-order valence-corrected chi connectivity index (χ0v) is 20.9. The molecule has 1 aromatic heterocycles. The Morgan fingerprint density at radius 1 is 1.12 bits per heavy atom. The second-order valence-corrected chi connectivity index (χ2v) is 9.02. The van der Waals surface area contributed by atoms with Crippen molar-refractivity contribution in [1.82, 2.24) is 20.0 Å².